The van der Waals surface area contributed by atoms with Crippen LogP contribution in [0.25, 0.3) is 0 Å². The summed E-state index contributed by atoms with van der Waals surface area (Å²) in [5, 5.41) is 14.2. The third kappa shape index (κ3) is 3.30. The smallest absolute Gasteiger partial charge is 0.268 e. The van der Waals surface area contributed by atoms with Crippen molar-refractivity contribution in [3.63, 3.8) is 0 Å². The van der Waals surface area contributed by atoms with E-state index in [0.29, 0.717) is 22.5 Å². The van der Waals surface area contributed by atoms with Crippen molar-refractivity contribution >= 4 is 23.2 Å². The molecule has 5 nitrogen and oxygen atoms in total. The number of anilines is 2. The molecule has 0 aromatic heterocycles. The first-order valence-electron chi connectivity index (χ1n) is 9.62. The Kier molecular flexibility index (Phi) is 4.91. The van der Waals surface area contributed by atoms with E-state index in [0.717, 1.165) is 12.0 Å². The van der Waals surface area contributed by atoms with Gasteiger partial charge in [-0.1, -0.05) is 67.6 Å². The minimum absolute atomic E-state index is 0.179. The van der Waals surface area contributed by atoms with Crippen molar-refractivity contribution in [3.05, 3.63) is 95.6 Å². The van der Waals surface area contributed by atoms with Gasteiger partial charge >= 0.3 is 0 Å². The van der Waals surface area contributed by atoms with E-state index in [1.54, 1.807) is 48.5 Å². The summed E-state index contributed by atoms with van der Waals surface area (Å²) in [6.45, 7) is 1.87. The average Bonchev–Trinajstić information content (AvgIpc) is 2.97. The highest BCUT2D eigenvalue weighted by molar-refractivity contribution is 6.12. The Labute approximate surface area is 169 Å². The first-order valence-corrected chi connectivity index (χ1v) is 9.62. The normalized spacial score (nSPS) is 17.9. The van der Waals surface area contributed by atoms with Crippen molar-refractivity contribution in [1.29, 1.82) is 0 Å². The number of aliphatic hydroxyl groups is 1. The minimum Gasteiger partial charge on any atom is -0.372 e. The number of hydrogen-bond donors (Lipinski definition) is 2. The molecular formula is C24H22N2O3. The highest BCUT2D eigenvalue weighted by Crippen LogP contribution is 2.44. The Balaban J connectivity index is 1.63. The van der Waals surface area contributed by atoms with E-state index in [2.05, 4.69) is 5.32 Å². The largest absolute Gasteiger partial charge is 0.372 e. The van der Waals surface area contributed by atoms with Gasteiger partial charge in [-0.2, -0.15) is 0 Å². The van der Waals surface area contributed by atoms with E-state index in [4.69, 9.17) is 0 Å². The molecule has 0 radical (unpaired) electrons. The quantitative estimate of drug-likeness (QED) is 0.705. The van der Waals surface area contributed by atoms with Gasteiger partial charge in [-0.25, -0.2) is 0 Å². The Hall–Kier alpha value is -3.44. The van der Waals surface area contributed by atoms with Gasteiger partial charge in [0.2, 0.25) is 5.91 Å². The highest BCUT2D eigenvalue weighted by Gasteiger charge is 2.51. The second kappa shape index (κ2) is 7.53. The summed E-state index contributed by atoms with van der Waals surface area (Å²) >= 11 is 0. The molecular weight excluding hydrogens is 364 g/mol. The Bertz CT molecular complexity index is 1060. The van der Waals surface area contributed by atoms with Crippen LogP contribution in [0.3, 0.4) is 0 Å². The molecule has 146 valence electrons. The van der Waals surface area contributed by atoms with Crippen LogP contribution in [0, 0.1) is 0 Å². The molecule has 4 rings (SSSR count). The second-order valence-corrected chi connectivity index (χ2v) is 7.09. The fourth-order valence-corrected chi connectivity index (χ4v) is 3.76. The number of hydrogen-bond acceptors (Lipinski definition) is 3. The lowest BCUT2D eigenvalue weighted by Gasteiger charge is -2.23. The molecule has 0 unspecified atom stereocenters. The molecule has 0 spiro atoms. The number of nitrogens with zero attached hydrogens (tertiary/aromatic N) is 1. The molecule has 5 heteroatoms. The molecule has 2 N–H and O–H groups in total. The maximum absolute atomic E-state index is 13.3. The van der Waals surface area contributed by atoms with E-state index in [-0.39, 0.29) is 12.5 Å². The number of benzene rings is 3. The molecule has 1 aliphatic heterocycles. The van der Waals surface area contributed by atoms with E-state index < -0.39 is 11.5 Å². The Morgan fingerprint density at radius 1 is 1.00 bits per heavy atom. The lowest BCUT2D eigenvalue weighted by molar-refractivity contribution is -0.133. The lowest BCUT2D eigenvalue weighted by Crippen LogP contribution is -2.44. The predicted octanol–water partition coefficient (Wildman–Crippen LogP) is 3.47. The summed E-state index contributed by atoms with van der Waals surface area (Å²) in [5.74, 6) is -0.846. The van der Waals surface area contributed by atoms with Crippen molar-refractivity contribution in [2.45, 2.75) is 18.9 Å². The van der Waals surface area contributed by atoms with Crippen molar-refractivity contribution in [2.24, 2.45) is 0 Å². The summed E-state index contributed by atoms with van der Waals surface area (Å²) in [4.78, 5) is 27.3. The number of carbonyl (C=O) groups is 2. The van der Waals surface area contributed by atoms with E-state index in [1.807, 2.05) is 37.3 Å². The predicted molar refractivity (Wildman–Crippen MR) is 113 cm³/mol. The number of nitrogens with one attached hydrogen (secondary N) is 1. The van der Waals surface area contributed by atoms with E-state index in [9.17, 15) is 14.7 Å². The highest BCUT2D eigenvalue weighted by atomic mass is 16.3. The van der Waals surface area contributed by atoms with Crippen LogP contribution in [0.4, 0.5) is 11.4 Å². The van der Waals surface area contributed by atoms with E-state index in [1.165, 1.54) is 4.90 Å². The molecule has 3 aromatic carbocycles. The van der Waals surface area contributed by atoms with Gasteiger partial charge in [0.1, 0.15) is 6.54 Å². The number of para-hydroxylation sites is 1. The number of aryl methyl sites for hydroxylation is 1. The molecule has 1 heterocycles. The zero-order valence-electron chi connectivity index (χ0n) is 16.1. The number of carbonyl (C=O) groups excluding carboxylic acids is 2. The van der Waals surface area contributed by atoms with Crippen molar-refractivity contribution in [3.8, 4) is 0 Å². The summed E-state index contributed by atoms with van der Waals surface area (Å²) in [6, 6.07) is 23.5. The molecule has 1 atom stereocenters. The minimum atomic E-state index is -1.81. The maximum atomic E-state index is 13.3. The fraction of sp³-hybridized carbons (Fsp3) is 0.167. The third-order valence-corrected chi connectivity index (χ3v) is 5.25. The van der Waals surface area contributed by atoms with Crippen LogP contribution in [0.15, 0.2) is 78.9 Å². The molecule has 0 saturated carbocycles. The van der Waals surface area contributed by atoms with E-state index >= 15 is 0 Å². The summed E-state index contributed by atoms with van der Waals surface area (Å²) in [6.07, 6.45) is 0.867. The number of fused-ring (bicyclic) bond motifs is 1. The number of amides is 2. The standard InChI is InChI=1S/C24H22N2O3/c1-2-17-9-8-12-19(15-17)25-22(27)16-26-21-14-7-6-13-20(21)24(29,23(26)28)18-10-4-3-5-11-18/h3-15,29H,2,16H2,1H3,(H,25,27)/t24-/m1/s1. The lowest BCUT2D eigenvalue weighted by atomic mass is 9.88. The maximum Gasteiger partial charge on any atom is 0.268 e. The van der Waals surface area contributed by atoms with Crippen LogP contribution in [0.5, 0.6) is 0 Å². The molecule has 1 aliphatic rings. The molecule has 3 aromatic rings. The van der Waals surface area contributed by atoms with Gasteiger partial charge < -0.3 is 10.4 Å². The third-order valence-electron chi connectivity index (χ3n) is 5.25. The molecule has 2 amide bonds. The first-order chi connectivity index (χ1) is 14.0. The van der Waals surface area contributed by atoms with Crippen molar-refractivity contribution in [2.75, 3.05) is 16.8 Å². The van der Waals surface area contributed by atoms with Crippen LogP contribution in [-0.4, -0.2) is 23.5 Å². The van der Waals surface area contributed by atoms with Gasteiger partial charge in [0.05, 0.1) is 5.69 Å². The van der Waals surface area contributed by atoms with Gasteiger partial charge in [0, 0.05) is 11.3 Å². The topological polar surface area (TPSA) is 69.6 Å². The zero-order chi connectivity index (χ0) is 20.4. The van der Waals surface area contributed by atoms with Gasteiger partial charge in [-0.15, -0.1) is 0 Å². The van der Waals surface area contributed by atoms with Gasteiger partial charge in [0.25, 0.3) is 5.91 Å². The first kappa shape index (κ1) is 18.9. The van der Waals surface area contributed by atoms with Crippen LogP contribution in [0.1, 0.15) is 23.6 Å². The fourth-order valence-electron chi connectivity index (χ4n) is 3.76. The van der Waals surface area contributed by atoms with Gasteiger partial charge in [-0.05, 0) is 35.7 Å². The monoisotopic (exact) mass is 386 g/mol. The van der Waals surface area contributed by atoms with Crippen LogP contribution >= 0.6 is 0 Å². The van der Waals surface area contributed by atoms with Crippen molar-refractivity contribution < 1.29 is 14.7 Å². The Morgan fingerprint density at radius 2 is 1.72 bits per heavy atom. The molecule has 0 bridgehead atoms. The van der Waals surface area contributed by atoms with Crippen LogP contribution in [0.2, 0.25) is 0 Å². The van der Waals surface area contributed by atoms with Crippen LogP contribution in [-0.2, 0) is 21.6 Å². The molecule has 0 fully saturated rings. The molecule has 0 aliphatic carbocycles. The summed E-state index contributed by atoms with van der Waals surface area (Å²) < 4.78 is 0. The zero-order valence-corrected chi connectivity index (χ0v) is 16.1. The Morgan fingerprint density at radius 3 is 2.48 bits per heavy atom. The van der Waals surface area contributed by atoms with Crippen molar-refractivity contribution in [1.82, 2.24) is 0 Å². The second-order valence-electron chi connectivity index (χ2n) is 7.09. The summed E-state index contributed by atoms with van der Waals surface area (Å²) in [7, 11) is 0. The number of rotatable bonds is 5. The van der Waals surface area contributed by atoms with Gasteiger partial charge in [-0.3, -0.25) is 14.5 Å². The summed E-state index contributed by atoms with van der Waals surface area (Å²) in [5.41, 5.74) is 1.51. The molecule has 0 saturated heterocycles. The molecule has 29 heavy (non-hydrogen) atoms. The average molecular weight is 386 g/mol. The van der Waals surface area contributed by atoms with Gasteiger partial charge in [0.15, 0.2) is 5.60 Å². The SMILES string of the molecule is CCc1cccc(NC(=O)CN2C(=O)[C@@](O)(c3ccccc3)c3ccccc32)c1. The van der Waals surface area contributed by atoms with Crippen LogP contribution < -0.4 is 10.2 Å².